The second kappa shape index (κ2) is 5.89. The van der Waals surface area contributed by atoms with Crippen LogP contribution in [0.1, 0.15) is 12.8 Å². The van der Waals surface area contributed by atoms with Gasteiger partial charge >= 0.3 is 0 Å². The molecule has 1 aliphatic heterocycles. The molecule has 1 fully saturated rings. The summed E-state index contributed by atoms with van der Waals surface area (Å²) in [6.45, 7) is 2.78. The number of aliphatic hydroxyl groups is 1. The van der Waals surface area contributed by atoms with Gasteiger partial charge in [0, 0.05) is 6.61 Å². The van der Waals surface area contributed by atoms with E-state index < -0.39 is 0 Å². The Morgan fingerprint density at radius 3 is 2.54 bits per heavy atom. The van der Waals surface area contributed by atoms with Gasteiger partial charge in [-0.25, -0.2) is 0 Å². The lowest BCUT2D eigenvalue weighted by atomic mass is 9.86. The zero-order valence-electron chi connectivity index (χ0n) is 8.70. The zero-order chi connectivity index (χ0) is 9.68. The number of rotatable bonds is 4. The first-order valence-electron chi connectivity index (χ1n) is 5.06. The summed E-state index contributed by atoms with van der Waals surface area (Å²) in [5, 5.41) is 9.25. The summed E-state index contributed by atoms with van der Waals surface area (Å²) >= 11 is 1.86. The fraction of sp³-hybridized carbons (Fsp3) is 1.00. The van der Waals surface area contributed by atoms with Crippen LogP contribution in [0.2, 0.25) is 0 Å². The summed E-state index contributed by atoms with van der Waals surface area (Å²) in [6, 6.07) is 0. The molecule has 1 atom stereocenters. The van der Waals surface area contributed by atoms with E-state index in [1.807, 2.05) is 11.8 Å². The van der Waals surface area contributed by atoms with Gasteiger partial charge in [-0.2, -0.15) is 11.8 Å². The van der Waals surface area contributed by atoms with Gasteiger partial charge < -0.3 is 10.0 Å². The number of aliphatic hydroxyl groups excluding tert-OH is 1. The Hall–Kier alpha value is 0.270. The maximum absolute atomic E-state index is 9.25. The highest BCUT2D eigenvalue weighted by Crippen LogP contribution is 2.26. The summed E-state index contributed by atoms with van der Waals surface area (Å²) in [5.41, 5.74) is 0. The van der Waals surface area contributed by atoms with Crippen molar-refractivity contribution in [2.45, 2.75) is 12.8 Å². The molecule has 1 saturated heterocycles. The standard InChI is InChI=1S/C10H21NOS/c1-11-5-3-9(4-6-11)10(7-12)8-13-2/h9-10,12H,3-8H2,1-2H3. The fourth-order valence-electron chi connectivity index (χ4n) is 2.05. The van der Waals surface area contributed by atoms with Crippen molar-refractivity contribution in [3.05, 3.63) is 0 Å². The summed E-state index contributed by atoms with van der Waals surface area (Å²) in [6.07, 6.45) is 4.65. The molecule has 0 aromatic carbocycles. The molecule has 78 valence electrons. The largest absolute Gasteiger partial charge is 0.396 e. The van der Waals surface area contributed by atoms with Crippen LogP contribution in [-0.2, 0) is 0 Å². The van der Waals surface area contributed by atoms with E-state index in [4.69, 9.17) is 0 Å². The molecule has 2 nitrogen and oxygen atoms in total. The number of hydrogen-bond donors (Lipinski definition) is 1. The third-order valence-electron chi connectivity index (χ3n) is 3.05. The molecular formula is C10H21NOS. The third-order valence-corrected chi connectivity index (χ3v) is 3.81. The first-order valence-corrected chi connectivity index (χ1v) is 6.45. The Balaban J connectivity index is 2.32. The van der Waals surface area contributed by atoms with Crippen molar-refractivity contribution in [2.24, 2.45) is 11.8 Å². The number of likely N-dealkylation sites (tertiary alicyclic amines) is 1. The van der Waals surface area contributed by atoms with Crippen LogP contribution < -0.4 is 0 Å². The first kappa shape index (κ1) is 11.3. The number of hydrogen-bond acceptors (Lipinski definition) is 3. The summed E-state index contributed by atoms with van der Waals surface area (Å²) in [4.78, 5) is 2.38. The quantitative estimate of drug-likeness (QED) is 0.745. The molecule has 1 N–H and O–H groups in total. The minimum absolute atomic E-state index is 0.370. The van der Waals surface area contributed by atoms with Gasteiger partial charge in [0.25, 0.3) is 0 Å². The molecule has 1 aliphatic rings. The van der Waals surface area contributed by atoms with E-state index >= 15 is 0 Å². The van der Waals surface area contributed by atoms with Crippen molar-refractivity contribution < 1.29 is 5.11 Å². The molecule has 0 amide bonds. The van der Waals surface area contributed by atoms with Crippen LogP contribution >= 0.6 is 11.8 Å². The van der Waals surface area contributed by atoms with Crippen LogP contribution in [0.4, 0.5) is 0 Å². The lowest BCUT2D eigenvalue weighted by Crippen LogP contribution is -2.35. The molecule has 0 aromatic rings. The Labute approximate surface area is 85.7 Å². The molecule has 0 radical (unpaired) electrons. The van der Waals surface area contributed by atoms with Crippen LogP contribution in [-0.4, -0.2) is 48.8 Å². The molecule has 0 bridgehead atoms. The Kier molecular flexibility index (Phi) is 5.14. The topological polar surface area (TPSA) is 23.5 Å². The van der Waals surface area contributed by atoms with Crippen LogP contribution in [0.5, 0.6) is 0 Å². The molecule has 0 spiro atoms. The average molecular weight is 203 g/mol. The molecule has 1 rings (SSSR count). The Morgan fingerprint density at radius 1 is 1.46 bits per heavy atom. The highest BCUT2D eigenvalue weighted by molar-refractivity contribution is 7.98. The second-order valence-corrected chi connectivity index (χ2v) is 4.95. The number of piperidine rings is 1. The molecule has 0 saturated carbocycles. The molecule has 3 heteroatoms. The van der Waals surface area contributed by atoms with E-state index in [1.165, 1.54) is 25.9 Å². The number of thioether (sulfide) groups is 1. The average Bonchev–Trinajstić information content (AvgIpc) is 2.16. The van der Waals surface area contributed by atoms with Gasteiger partial charge in [0.05, 0.1) is 0 Å². The molecule has 1 heterocycles. The van der Waals surface area contributed by atoms with Gasteiger partial charge in [0.1, 0.15) is 0 Å². The maximum Gasteiger partial charge on any atom is 0.0469 e. The van der Waals surface area contributed by atoms with Gasteiger partial charge in [0.2, 0.25) is 0 Å². The lowest BCUT2D eigenvalue weighted by Gasteiger charge is -2.33. The minimum atomic E-state index is 0.370. The van der Waals surface area contributed by atoms with Gasteiger partial charge in [-0.1, -0.05) is 0 Å². The lowest BCUT2D eigenvalue weighted by molar-refractivity contribution is 0.131. The second-order valence-electron chi connectivity index (χ2n) is 4.04. The normalized spacial score (nSPS) is 23.3. The van der Waals surface area contributed by atoms with Gasteiger partial charge in [-0.05, 0) is 56.8 Å². The maximum atomic E-state index is 9.25. The predicted octanol–water partition coefficient (Wildman–Crippen LogP) is 1.30. The van der Waals surface area contributed by atoms with Crippen LogP contribution in [0, 0.1) is 11.8 Å². The van der Waals surface area contributed by atoms with Crippen molar-refractivity contribution in [1.29, 1.82) is 0 Å². The Bertz CT molecular complexity index is 135. The molecule has 13 heavy (non-hydrogen) atoms. The fourth-order valence-corrected chi connectivity index (χ4v) is 2.86. The molecule has 0 aliphatic carbocycles. The highest BCUT2D eigenvalue weighted by atomic mass is 32.2. The van der Waals surface area contributed by atoms with E-state index in [-0.39, 0.29) is 0 Å². The summed E-state index contributed by atoms with van der Waals surface area (Å²) < 4.78 is 0. The zero-order valence-corrected chi connectivity index (χ0v) is 9.52. The highest BCUT2D eigenvalue weighted by Gasteiger charge is 2.24. The van der Waals surface area contributed by atoms with E-state index in [1.54, 1.807) is 0 Å². The predicted molar refractivity (Wildman–Crippen MR) is 59.2 cm³/mol. The summed E-state index contributed by atoms with van der Waals surface area (Å²) in [5.74, 6) is 2.41. The SMILES string of the molecule is CSCC(CO)C1CCN(C)CC1. The van der Waals surface area contributed by atoms with Crippen molar-refractivity contribution in [3.8, 4) is 0 Å². The van der Waals surface area contributed by atoms with E-state index in [9.17, 15) is 5.11 Å². The smallest absolute Gasteiger partial charge is 0.0469 e. The van der Waals surface area contributed by atoms with Crippen LogP contribution in [0.15, 0.2) is 0 Å². The third kappa shape index (κ3) is 3.49. The van der Waals surface area contributed by atoms with Crippen LogP contribution in [0.3, 0.4) is 0 Å². The molecule has 1 unspecified atom stereocenters. The first-order chi connectivity index (χ1) is 6.27. The van der Waals surface area contributed by atoms with Gasteiger partial charge in [-0.3, -0.25) is 0 Å². The number of nitrogens with zero attached hydrogens (tertiary/aromatic N) is 1. The van der Waals surface area contributed by atoms with E-state index in [2.05, 4.69) is 18.2 Å². The van der Waals surface area contributed by atoms with Crippen molar-refractivity contribution in [2.75, 3.05) is 38.8 Å². The van der Waals surface area contributed by atoms with E-state index in [0.717, 1.165) is 11.7 Å². The van der Waals surface area contributed by atoms with Crippen molar-refractivity contribution in [1.82, 2.24) is 4.90 Å². The van der Waals surface area contributed by atoms with E-state index in [0.29, 0.717) is 12.5 Å². The Morgan fingerprint density at radius 2 is 2.08 bits per heavy atom. The monoisotopic (exact) mass is 203 g/mol. The minimum Gasteiger partial charge on any atom is -0.396 e. The van der Waals surface area contributed by atoms with Crippen molar-refractivity contribution in [3.63, 3.8) is 0 Å². The molecular weight excluding hydrogens is 182 g/mol. The summed E-state index contributed by atoms with van der Waals surface area (Å²) in [7, 11) is 2.18. The molecule has 0 aromatic heterocycles. The van der Waals surface area contributed by atoms with Crippen molar-refractivity contribution >= 4 is 11.8 Å². The van der Waals surface area contributed by atoms with Gasteiger partial charge in [0.15, 0.2) is 0 Å². The van der Waals surface area contributed by atoms with Gasteiger partial charge in [-0.15, -0.1) is 0 Å². The van der Waals surface area contributed by atoms with Crippen LogP contribution in [0.25, 0.3) is 0 Å².